The number of hydrogen-bond acceptors (Lipinski definition) is 4. The van der Waals surface area contributed by atoms with Gasteiger partial charge >= 0.3 is 16.3 Å². The molecule has 0 bridgehead atoms. The zero-order valence-corrected chi connectivity index (χ0v) is 8.04. The lowest BCUT2D eigenvalue weighted by Crippen LogP contribution is -2.57. The van der Waals surface area contributed by atoms with E-state index in [0.717, 1.165) is 16.3 Å². The second-order valence-electron chi connectivity index (χ2n) is 2.71. The van der Waals surface area contributed by atoms with E-state index in [9.17, 15) is 0 Å². The number of aliphatic hydroxyl groups excluding tert-OH is 1. The van der Waals surface area contributed by atoms with Crippen LogP contribution in [0.25, 0.3) is 0 Å². The summed E-state index contributed by atoms with van der Waals surface area (Å²) < 4.78 is 10.3. The average Bonchev–Trinajstić information content (AvgIpc) is 1.96. The minimum atomic E-state index is -0.666. The molecule has 0 saturated carbocycles. The molecule has 0 unspecified atom stereocenters. The van der Waals surface area contributed by atoms with Gasteiger partial charge in [-0.1, -0.05) is 0 Å². The molecule has 1 saturated heterocycles. The van der Waals surface area contributed by atoms with Gasteiger partial charge in [0.25, 0.3) is 0 Å². The van der Waals surface area contributed by atoms with E-state index in [1.54, 1.807) is 0 Å². The van der Waals surface area contributed by atoms with Crippen LogP contribution in [0, 0.1) is 0 Å². The van der Waals surface area contributed by atoms with E-state index in [1.165, 1.54) is 0 Å². The van der Waals surface area contributed by atoms with Crippen molar-refractivity contribution in [1.82, 2.24) is 0 Å². The van der Waals surface area contributed by atoms with Crippen molar-refractivity contribution >= 4 is 16.3 Å². The van der Waals surface area contributed by atoms with Gasteiger partial charge in [-0.25, -0.2) is 0 Å². The maximum Gasteiger partial charge on any atom is 0.303 e. The molecule has 0 aliphatic carbocycles. The maximum absolute atomic E-state index is 8.76. The Kier molecular flexibility index (Phi) is 2.69. The molecule has 58 valence electrons. The first-order valence-corrected chi connectivity index (χ1v) is 4.45. The van der Waals surface area contributed by atoms with E-state index in [1.807, 2.05) is 0 Å². The highest BCUT2D eigenvalue weighted by atomic mass is 27.0. The summed E-state index contributed by atoms with van der Waals surface area (Å²) in [6.07, 6.45) is 0. The molecular formula is C5H12AlNO3. The van der Waals surface area contributed by atoms with E-state index in [2.05, 4.69) is 0 Å². The smallest absolute Gasteiger partial charge is 0.303 e. The van der Waals surface area contributed by atoms with Crippen molar-refractivity contribution in [2.75, 3.05) is 19.8 Å². The largest absolute Gasteiger partial charge is 0.394 e. The number of nitrogens with two attached hydrogens (primary N) is 1. The first-order chi connectivity index (χ1) is 4.66. The van der Waals surface area contributed by atoms with Crippen molar-refractivity contribution in [3.8, 4) is 0 Å². The Morgan fingerprint density at radius 3 is 2.50 bits per heavy atom. The molecular weight excluding hydrogens is 149 g/mol. The molecule has 10 heavy (non-hydrogen) atoms. The Hall–Kier alpha value is 0.372. The summed E-state index contributed by atoms with van der Waals surface area (Å²) in [4.78, 5) is 0. The third-order valence-electron chi connectivity index (χ3n) is 1.53. The molecule has 1 heterocycles. The third kappa shape index (κ3) is 1.93. The molecule has 0 spiro atoms. The predicted octanol–water partition coefficient (Wildman–Crippen LogP) is -2.36. The van der Waals surface area contributed by atoms with Gasteiger partial charge in [0.05, 0.1) is 30.5 Å². The molecule has 0 aromatic carbocycles. The molecule has 0 aromatic rings. The van der Waals surface area contributed by atoms with Gasteiger partial charge in [0.1, 0.15) is 0 Å². The van der Waals surface area contributed by atoms with Crippen LogP contribution in [0.3, 0.4) is 0 Å². The highest BCUT2D eigenvalue weighted by molar-refractivity contribution is 6.10. The normalized spacial score (nSPS) is 41.6. The van der Waals surface area contributed by atoms with Crippen molar-refractivity contribution in [3.63, 3.8) is 0 Å². The van der Waals surface area contributed by atoms with Gasteiger partial charge in [0.2, 0.25) is 0 Å². The predicted molar refractivity (Wildman–Crippen MR) is 38.2 cm³/mol. The van der Waals surface area contributed by atoms with E-state index in [0.29, 0.717) is 13.2 Å². The highest BCUT2D eigenvalue weighted by Crippen LogP contribution is 2.10. The quantitative estimate of drug-likeness (QED) is 0.422. The van der Waals surface area contributed by atoms with Crippen molar-refractivity contribution in [3.05, 3.63) is 0 Å². The lowest BCUT2D eigenvalue weighted by molar-refractivity contribution is -0.170. The SMILES string of the molecule is NC1(CO)CO[CH]([AlH2])OC1. The molecule has 1 rings (SSSR count). The van der Waals surface area contributed by atoms with Crippen LogP contribution >= 0.6 is 0 Å². The van der Waals surface area contributed by atoms with Crippen LogP contribution in [0.4, 0.5) is 0 Å². The van der Waals surface area contributed by atoms with Crippen LogP contribution in [0.1, 0.15) is 0 Å². The van der Waals surface area contributed by atoms with Gasteiger partial charge in [0.15, 0.2) is 0 Å². The molecule has 1 aliphatic rings. The number of aliphatic hydroxyl groups is 1. The zero-order valence-electron chi connectivity index (χ0n) is 6.04. The minimum absolute atomic E-state index is 0.0526. The summed E-state index contributed by atoms with van der Waals surface area (Å²) in [7, 11) is 0. The molecule has 1 aliphatic heterocycles. The Bertz CT molecular complexity index is 113. The van der Waals surface area contributed by atoms with Gasteiger partial charge in [-0.2, -0.15) is 0 Å². The van der Waals surface area contributed by atoms with Crippen molar-refractivity contribution in [2.24, 2.45) is 5.73 Å². The van der Waals surface area contributed by atoms with E-state index >= 15 is 0 Å². The van der Waals surface area contributed by atoms with Crippen LogP contribution in [0.2, 0.25) is 0 Å². The second kappa shape index (κ2) is 3.18. The Labute approximate surface area is 67.7 Å². The number of ether oxygens (including phenoxy) is 2. The molecule has 0 aromatic heterocycles. The van der Waals surface area contributed by atoms with Crippen LogP contribution in [0.5, 0.6) is 0 Å². The zero-order chi connectivity index (χ0) is 7.61. The molecule has 1 fully saturated rings. The Morgan fingerprint density at radius 2 is 2.10 bits per heavy atom. The maximum atomic E-state index is 8.76. The summed E-state index contributed by atoms with van der Waals surface area (Å²) in [5, 5.41) is 8.71. The van der Waals surface area contributed by atoms with Gasteiger partial charge in [-0.15, -0.1) is 0 Å². The van der Waals surface area contributed by atoms with Crippen LogP contribution < -0.4 is 5.73 Å². The monoisotopic (exact) mass is 161 g/mol. The fourth-order valence-electron chi connectivity index (χ4n) is 0.748. The molecule has 0 amide bonds. The van der Waals surface area contributed by atoms with Crippen molar-refractivity contribution in [2.45, 2.75) is 10.7 Å². The van der Waals surface area contributed by atoms with Gasteiger partial charge < -0.3 is 20.3 Å². The lowest BCUT2D eigenvalue weighted by atomic mass is 10.1. The Balaban J connectivity index is 2.38. The summed E-state index contributed by atoms with van der Waals surface area (Å²) in [6, 6.07) is 0. The standard InChI is InChI=1S/C5H10NO3.Al.2H/c6-5(1-7)2-8-4-9-3-5;;;/h4,7H,1-3,6H2;;;. The summed E-state index contributed by atoms with van der Waals surface area (Å²) in [6.45, 7) is 0.719. The van der Waals surface area contributed by atoms with E-state index in [-0.39, 0.29) is 11.8 Å². The number of hydrogen-bond donors (Lipinski definition) is 2. The van der Waals surface area contributed by atoms with Gasteiger partial charge in [-0.05, 0) is 0 Å². The molecule has 5 heteroatoms. The minimum Gasteiger partial charge on any atom is -0.394 e. The third-order valence-corrected chi connectivity index (χ3v) is 2.19. The lowest BCUT2D eigenvalue weighted by Gasteiger charge is -2.34. The van der Waals surface area contributed by atoms with Gasteiger partial charge in [-0.3, -0.25) is 0 Å². The summed E-state index contributed by atoms with van der Waals surface area (Å²) in [5.74, 6) is 0. The first kappa shape index (κ1) is 8.47. The van der Waals surface area contributed by atoms with Crippen molar-refractivity contribution < 1.29 is 14.6 Å². The topological polar surface area (TPSA) is 64.7 Å². The molecule has 4 nitrogen and oxygen atoms in total. The number of rotatable bonds is 1. The fraction of sp³-hybridized carbons (Fsp3) is 1.00. The van der Waals surface area contributed by atoms with Crippen LogP contribution in [-0.2, 0) is 9.47 Å². The van der Waals surface area contributed by atoms with Crippen LogP contribution in [0.15, 0.2) is 0 Å². The van der Waals surface area contributed by atoms with Gasteiger partial charge in [0, 0.05) is 0 Å². The van der Waals surface area contributed by atoms with Crippen molar-refractivity contribution in [1.29, 1.82) is 0 Å². The summed E-state index contributed by atoms with van der Waals surface area (Å²) in [5.41, 5.74) is 4.97. The Morgan fingerprint density at radius 1 is 1.60 bits per heavy atom. The molecule has 0 atom stereocenters. The average molecular weight is 161 g/mol. The summed E-state index contributed by atoms with van der Waals surface area (Å²) >= 11 is 0.851. The van der Waals surface area contributed by atoms with E-state index < -0.39 is 5.54 Å². The molecule has 3 N–H and O–H groups in total. The first-order valence-electron chi connectivity index (χ1n) is 3.29. The van der Waals surface area contributed by atoms with Crippen LogP contribution in [-0.4, -0.2) is 51.9 Å². The highest BCUT2D eigenvalue weighted by Gasteiger charge is 2.30. The van der Waals surface area contributed by atoms with E-state index in [4.69, 9.17) is 20.3 Å². The molecule has 0 radical (unpaired) electrons. The second-order valence-corrected chi connectivity index (χ2v) is 3.65. The fourth-order valence-corrected chi connectivity index (χ4v) is 1.08.